The summed E-state index contributed by atoms with van der Waals surface area (Å²) in [5.41, 5.74) is 1.28. The van der Waals surface area contributed by atoms with Crippen molar-refractivity contribution in [2.75, 3.05) is 13.1 Å². The number of rotatable bonds is 4. The first-order chi connectivity index (χ1) is 11.3. The normalized spacial score (nSPS) is 21.6. The molecule has 1 atom stereocenters. The molecule has 2 N–H and O–H groups in total. The van der Waals surface area contributed by atoms with Gasteiger partial charge in [-0.1, -0.05) is 25.1 Å². The molecule has 0 bridgehead atoms. The van der Waals surface area contributed by atoms with Crippen molar-refractivity contribution in [1.82, 2.24) is 10.6 Å². The van der Waals surface area contributed by atoms with E-state index in [2.05, 4.69) is 53.7 Å². The van der Waals surface area contributed by atoms with Gasteiger partial charge in [-0.05, 0) is 45.1 Å². The van der Waals surface area contributed by atoms with Crippen LogP contribution in [0.3, 0.4) is 0 Å². The van der Waals surface area contributed by atoms with E-state index in [1.54, 1.807) is 0 Å². The number of nitrogens with zero attached hydrogens (tertiary/aromatic N) is 1. The largest absolute Gasteiger partial charge is 0.487 e. The summed E-state index contributed by atoms with van der Waals surface area (Å²) in [6.07, 6.45) is 6.98. The van der Waals surface area contributed by atoms with Gasteiger partial charge in [0.05, 0.1) is 6.04 Å². The summed E-state index contributed by atoms with van der Waals surface area (Å²) in [6, 6.07) is 8.73. The Morgan fingerprint density at radius 2 is 2.00 bits per heavy atom. The number of para-hydroxylation sites is 1. The van der Waals surface area contributed by atoms with Crippen molar-refractivity contribution >= 4 is 29.9 Å². The minimum atomic E-state index is 0. The second-order valence-electron chi connectivity index (χ2n) is 6.69. The number of guanidine groups is 1. The molecule has 1 heterocycles. The molecular formula is C19H30IN3O. The Morgan fingerprint density at radius 1 is 1.25 bits per heavy atom. The second-order valence-corrected chi connectivity index (χ2v) is 6.69. The predicted molar refractivity (Wildman–Crippen MR) is 110 cm³/mol. The quantitative estimate of drug-likeness (QED) is 0.412. The zero-order chi connectivity index (χ0) is 16.1. The molecule has 1 aromatic rings. The van der Waals surface area contributed by atoms with Crippen molar-refractivity contribution < 1.29 is 4.74 Å². The number of nitrogens with one attached hydrogen (secondary N) is 2. The molecular weight excluding hydrogens is 413 g/mol. The van der Waals surface area contributed by atoms with Crippen LogP contribution in [0.5, 0.6) is 5.75 Å². The maximum absolute atomic E-state index is 6.43. The van der Waals surface area contributed by atoms with Crippen LogP contribution < -0.4 is 15.4 Å². The summed E-state index contributed by atoms with van der Waals surface area (Å²) in [6.45, 7) is 6.00. The molecule has 0 saturated heterocycles. The lowest BCUT2D eigenvalue weighted by Gasteiger charge is -2.40. The molecule has 1 aromatic carbocycles. The van der Waals surface area contributed by atoms with Crippen LogP contribution >= 0.6 is 24.0 Å². The Hall–Kier alpha value is -0.980. The van der Waals surface area contributed by atoms with Crippen molar-refractivity contribution in [3.05, 3.63) is 29.8 Å². The Bertz CT molecular complexity index is 555. The number of aliphatic imine (C=N–C) groups is 1. The molecule has 0 radical (unpaired) electrons. The number of benzene rings is 1. The van der Waals surface area contributed by atoms with E-state index >= 15 is 0 Å². The van der Waals surface area contributed by atoms with Crippen LogP contribution in [0, 0.1) is 0 Å². The van der Waals surface area contributed by atoms with Gasteiger partial charge >= 0.3 is 0 Å². The number of halogens is 1. The number of fused-ring (bicyclic) bond motifs is 1. The second kappa shape index (κ2) is 8.92. The summed E-state index contributed by atoms with van der Waals surface area (Å²) in [5.74, 6) is 1.97. The van der Waals surface area contributed by atoms with E-state index in [1.165, 1.54) is 31.2 Å². The maximum atomic E-state index is 6.43. The first-order valence-electron chi connectivity index (χ1n) is 9.09. The molecule has 1 spiro atoms. The Labute approximate surface area is 162 Å². The van der Waals surface area contributed by atoms with Gasteiger partial charge in [0.15, 0.2) is 5.96 Å². The van der Waals surface area contributed by atoms with E-state index in [-0.39, 0.29) is 35.6 Å². The monoisotopic (exact) mass is 443 g/mol. The topological polar surface area (TPSA) is 45.7 Å². The lowest BCUT2D eigenvalue weighted by Crippen LogP contribution is -2.46. The van der Waals surface area contributed by atoms with Crippen LogP contribution in [0.15, 0.2) is 29.3 Å². The van der Waals surface area contributed by atoms with E-state index in [0.29, 0.717) is 0 Å². The maximum Gasteiger partial charge on any atom is 0.191 e. The highest BCUT2D eigenvalue weighted by atomic mass is 127. The Morgan fingerprint density at radius 3 is 2.71 bits per heavy atom. The van der Waals surface area contributed by atoms with Gasteiger partial charge in [-0.3, -0.25) is 4.99 Å². The van der Waals surface area contributed by atoms with Crippen LogP contribution in [-0.2, 0) is 0 Å². The number of ether oxygens (including phenoxy) is 1. The molecule has 4 nitrogen and oxygen atoms in total. The smallest absolute Gasteiger partial charge is 0.191 e. The third-order valence-electron chi connectivity index (χ3n) is 4.86. The summed E-state index contributed by atoms with van der Waals surface area (Å²) in [7, 11) is 0. The summed E-state index contributed by atoms with van der Waals surface area (Å²) >= 11 is 0. The van der Waals surface area contributed by atoms with E-state index in [0.717, 1.165) is 37.6 Å². The molecule has 1 fully saturated rings. The highest BCUT2D eigenvalue weighted by molar-refractivity contribution is 14.0. The van der Waals surface area contributed by atoms with E-state index < -0.39 is 0 Å². The molecule has 1 aliphatic heterocycles. The van der Waals surface area contributed by atoms with Gasteiger partial charge in [-0.15, -0.1) is 24.0 Å². The van der Waals surface area contributed by atoms with Gasteiger partial charge < -0.3 is 15.4 Å². The fourth-order valence-corrected chi connectivity index (χ4v) is 3.78. The van der Waals surface area contributed by atoms with Crippen molar-refractivity contribution in [2.45, 2.75) is 64.0 Å². The minimum Gasteiger partial charge on any atom is -0.487 e. The number of hydrogen-bond donors (Lipinski definition) is 2. The minimum absolute atomic E-state index is 0. The van der Waals surface area contributed by atoms with E-state index in [9.17, 15) is 0 Å². The number of hydrogen-bond acceptors (Lipinski definition) is 2. The van der Waals surface area contributed by atoms with Crippen molar-refractivity contribution in [3.8, 4) is 5.75 Å². The van der Waals surface area contributed by atoms with Gasteiger partial charge in [0.1, 0.15) is 11.4 Å². The molecule has 134 valence electrons. The molecule has 3 rings (SSSR count). The third kappa shape index (κ3) is 4.35. The van der Waals surface area contributed by atoms with Gasteiger partial charge in [0, 0.05) is 25.1 Å². The standard InChI is InChI=1S/C19H29N3O.HI/c1-3-13-21-18(20-4-2)22-16-14-19(11-7-8-12-19)23-17-10-6-5-9-15(16)17;/h5-6,9-10,16H,3-4,7-8,11-14H2,1-2H3,(H2,20,21,22);1H. The van der Waals surface area contributed by atoms with Crippen LogP contribution in [0.4, 0.5) is 0 Å². The predicted octanol–water partition coefficient (Wildman–Crippen LogP) is 4.41. The molecule has 1 aliphatic carbocycles. The Balaban J connectivity index is 0.00000208. The van der Waals surface area contributed by atoms with Gasteiger partial charge in [-0.25, -0.2) is 0 Å². The van der Waals surface area contributed by atoms with Crippen LogP contribution in [-0.4, -0.2) is 24.7 Å². The molecule has 1 unspecified atom stereocenters. The molecule has 1 saturated carbocycles. The molecule has 24 heavy (non-hydrogen) atoms. The average molecular weight is 443 g/mol. The van der Waals surface area contributed by atoms with E-state index in [4.69, 9.17) is 4.74 Å². The summed E-state index contributed by atoms with van der Waals surface area (Å²) < 4.78 is 6.43. The highest BCUT2D eigenvalue weighted by Crippen LogP contribution is 2.46. The average Bonchev–Trinajstić information content (AvgIpc) is 3.00. The first kappa shape index (κ1) is 19.3. The molecule has 5 heteroatoms. The third-order valence-corrected chi connectivity index (χ3v) is 4.86. The molecule has 0 aromatic heterocycles. The summed E-state index contributed by atoms with van der Waals surface area (Å²) in [4.78, 5) is 4.67. The van der Waals surface area contributed by atoms with Gasteiger partial charge in [0.2, 0.25) is 0 Å². The molecule has 0 amide bonds. The van der Waals surface area contributed by atoms with Crippen molar-refractivity contribution in [1.29, 1.82) is 0 Å². The van der Waals surface area contributed by atoms with Crippen LogP contribution in [0.25, 0.3) is 0 Å². The van der Waals surface area contributed by atoms with Gasteiger partial charge in [-0.2, -0.15) is 0 Å². The van der Waals surface area contributed by atoms with Crippen molar-refractivity contribution in [3.63, 3.8) is 0 Å². The lowest BCUT2D eigenvalue weighted by molar-refractivity contribution is 0.0396. The van der Waals surface area contributed by atoms with Gasteiger partial charge in [0.25, 0.3) is 0 Å². The lowest BCUT2D eigenvalue weighted by atomic mass is 9.86. The fraction of sp³-hybridized carbons (Fsp3) is 0.632. The van der Waals surface area contributed by atoms with E-state index in [1.807, 2.05) is 0 Å². The Kier molecular flexibility index (Phi) is 7.19. The molecule has 2 aliphatic rings. The summed E-state index contributed by atoms with van der Waals surface area (Å²) in [5, 5.41) is 7.03. The zero-order valence-electron chi connectivity index (χ0n) is 14.8. The van der Waals surface area contributed by atoms with Crippen molar-refractivity contribution in [2.24, 2.45) is 4.99 Å². The highest BCUT2D eigenvalue weighted by Gasteiger charge is 2.43. The first-order valence-corrected chi connectivity index (χ1v) is 9.09. The van der Waals surface area contributed by atoms with Crippen LogP contribution in [0.2, 0.25) is 0 Å². The van der Waals surface area contributed by atoms with Crippen LogP contribution in [0.1, 0.15) is 64.0 Å². The fourth-order valence-electron chi connectivity index (χ4n) is 3.78. The SMILES string of the molecule is CCCN=C(NCC)NC1CC2(CCCC2)Oc2ccccc21.I. The zero-order valence-corrected chi connectivity index (χ0v) is 17.1.